The number of nitrogens with zero attached hydrogens (tertiary/aromatic N) is 1. The minimum Gasteiger partial charge on any atom is -0.478 e. The lowest BCUT2D eigenvalue weighted by atomic mass is 9.91. The highest BCUT2D eigenvalue weighted by Gasteiger charge is 2.30. The molecule has 1 N–H and O–H groups in total. The Labute approximate surface area is 141 Å². The van der Waals surface area contributed by atoms with Gasteiger partial charge in [0, 0.05) is 30.6 Å². The van der Waals surface area contributed by atoms with Crippen LogP contribution in [0.4, 0.5) is 0 Å². The van der Waals surface area contributed by atoms with E-state index in [1.807, 2.05) is 48.5 Å². The Morgan fingerprint density at radius 3 is 2.12 bits per heavy atom. The number of carboxylic acids is 1. The Balaban J connectivity index is 1.80. The van der Waals surface area contributed by atoms with Crippen molar-refractivity contribution in [3.8, 4) is 0 Å². The molecule has 1 atom stereocenters. The van der Waals surface area contributed by atoms with Crippen LogP contribution in [0.15, 0.2) is 66.7 Å². The summed E-state index contributed by atoms with van der Waals surface area (Å²) >= 11 is 0. The number of aliphatic carboxylic acids is 1. The average Bonchev–Trinajstić information content (AvgIpc) is 3.10. The van der Waals surface area contributed by atoms with Gasteiger partial charge in [-0.1, -0.05) is 48.5 Å². The van der Waals surface area contributed by atoms with Crippen molar-refractivity contribution in [1.82, 2.24) is 4.90 Å². The van der Waals surface area contributed by atoms with Gasteiger partial charge in [0.05, 0.1) is 0 Å². The van der Waals surface area contributed by atoms with Crippen LogP contribution in [0.2, 0.25) is 0 Å². The van der Waals surface area contributed by atoms with Crippen molar-refractivity contribution in [2.75, 3.05) is 13.1 Å². The van der Waals surface area contributed by atoms with Gasteiger partial charge in [0.1, 0.15) is 0 Å². The molecular formula is C20H19NO3. The molecule has 0 spiro atoms. The fourth-order valence-electron chi connectivity index (χ4n) is 3.16. The van der Waals surface area contributed by atoms with Crippen LogP contribution in [0, 0.1) is 5.92 Å². The van der Waals surface area contributed by atoms with Gasteiger partial charge in [-0.05, 0) is 29.7 Å². The number of rotatable bonds is 4. The molecule has 1 saturated heterocycles. The van der Waals surface area contributed by atoms with Crippen molar-refractivity contribution in [2.24, 2.45) is 5.92 Å². The van der Waals surface area contributed by atoms with Crippen LogP contribution < -0.4 is 0 Å². The van der Waals surface area contributed by atoms with Gasteiger partial charge in [0.25, 0.3) is 5.91 Å². The third-order valence-corrected chi connectivity index (χ3v) is 4.32. The Kier molecular flexibility index (Phi) is 4.75. The molecule has 0 saturated carbocycles. The largest absolute Gasteiger partial charge is 0.478 e. The van der Waals surface area contributed by atoms with Gasteiger partial charge in [0.15, 0.2) is 0 Å². The summed E-state index contributed by atoms with van der Waals surface area (Å²) in [5.74, 6) is -0.918. The number of carbonyl (C=O) groups excluding carboxylic acids is 1. The molecule has 0 aromatic heterocycles. The van der Waals surface area contributed by atoms with E-state index in [9.17, 15) is 14.7 Å². The van der Waals surface area contributed by atoms with Crippen molar-refractivity contribution in [1.29, 1.82) is 0 Å². The molecule has 3 rings (SSSR count). The molecule has 1 fully saturated rings. The van der Waals surface area contributed by atoms with Crippen molar-refractivity contribution in [3.63, 3.8) is 0 Å². The molecule has 1 amide bonds. The first kappa shape index (κ1) is 16.0. The second-order valence-electron chi connectivity index (χ2n) is 5.91. The number of hydrogen-bond donors (Lipinski definition) is 1. The third kappa shape index (κ3) is 3.54. The van der Waals surface area contributed by atoms with Crippen molar-refractivity contribution in [3.05, 3.63) is 77.9 Å². The maximum atomic E-state index is 12.6. The molecule has 24 heavy (non-hydrogen) atoms. The van der Waals surface area contributed by atoms with E-state index >= 15 is 0 Å². The Morgan fingerprint density at radius 1 is 0.958 bits per heavy atom. The normalized spacial score (nSPS) is 17.8. The topological polar surface area (TPSA) is 57.6 Å². The molecule has 1 heterocycles. The Hall–Kier alpha value is -2.88. The molecule has 2 aromatic carbocycles. The van der Waals surface area contributed by atoms with Gasteiger partial charge in [-0.3, -0.25) is 4.79 Å². The van der Waals surface area contributed by atoms with Crippen LogP contribution in [-0.4, -0.2) is 35.0 Å². The van der Waals surface area contributed by atoms with Gasteiger partial charge in [-0.15, -0.1) is 0 Å². The minimum absolute atomic E-state index is 0.000775. The summed E-state index contributed by atoms with van der Waals surface area (Å²) in [5, 5.41) is 9.20. The lowest BCUT2D eigenvalue weighted by Crippen LogP contribution is -2.28. The molecule has 1 aliphatic rings. The Morgan fingerprint density at radius 2 is 1.54 bits per heavy atom. The number of benzene rings is 2. The summed E-state index contributed by atoms with van der Waals surface area (Å²) in [7, 11) is 0. The molecule has 1 aliphatic heterocycles. The van der Waals surface area contributed by atoms with E-state index < -0.39 is 5.97 Å². The predicted molar refractivity (Wildman–Crippen MR) is 92.5 cm³/mol. The standard InChI is InChI=1S/C20H19NO3/c22-19(23)13-18(15-7-3-1-4-8-15)17-11-12-21(14-17)20(24)16-9-5-2-6-10-16/h1-10,13,17H,11-12,14H2,(H,22,23)/b18-13+. The predicted octanol–water partition coefficient (Wildman–Crippen LogP) is 3.32. The quantitative estimate of drug-likeness (QED) is 0.879. The van der Waals surface area contributed by atoms with Crippen LogP contribution >= 0.6 is 0 Å². The zero-order valence-corrected chi connectivity index (χ0v) is 13.3. The molecule has 1 unspecified atom stereocenters. The van der Waals surface area contributed by atoms with Crippen LogP contribution in [0.5, 0.6) is 0 Å². The summed E-state index contributed by atoms with van der Waals surface area (Å²) in [6, 6.07) is 18.7. The Bertz CT molecular complexity index is 753. The van der Waals surface area contributed by atoms with E-state index in [1.165, 1.54) is 6.08 Å². The van der Waals surface area contributed by atoms with Crippen LogP contribution in [-0.2, 0) is 4.79 Å². The molecule has 4 nitrogen and oxygen atoms in total. The van der Waals surface area contributed by atoms with Crippen LogP contribution in [0.1, 0.15) is 22.3 Å². The van der Waals surface area contributed by atoms with E-state index in [1.54, 1.807) is 17.0 Å². The molecular weight excluding hydrogens is 302 g/mol. The van der Waals surface area contributed by atoms with Gasteiger partial charge < -0.3 is 10.0 Å². The number of hydrogen-bond acceptors (Lipinski definition) is 2. The number of amides is 1. The average molecular weight is 321 g/mol. The fraction of sp³-hybridized carbons (Fsp3) is 0.200. The number of carbonyl (C=O) groups is 2. The molecule has 4 heteroatoms. The van der Waals surface area contributed by atoms with Crippen molar-refractivity contribution in [2.45, 2.75) is 6.42 Å². The van der Waals surface area contributed by atoms with E-state index in [4.69, 9.17) is 0 Å². The third-order valence-electron chi connectivity index (χ3n) is 4.32. The van der Waals surface area contributed by atoms with Gasteiger partial charge in [-0.2, -0.15) is 0 Å². The maximum absolute atomic E-state index is 12.6. The molecule has 2 aromatic rings. The van der Waals surface area contributed by atoms with E-state index in [-0.39, 0.29) is 11.8 Å². The SMILES string of the molecule is O=C(O)/C=C(\c1ccccc1)C1CCN(C(=O)c2ccccc2)C1. The first-order chi connectivity index (χ1) is 11.6. The first-order valence-electron chi connectivity index (χ1n) is 7.99. The minimum atomic E-state index is -0.957. The van der Waals surface area contributed by atoms with Crippen molar-refractivity contribution < 1.29 is 14.7 Å². The monoisotopic (exact) mass is 321 g/mol. The van der Waals surface area contributed by atoms with E-state index in [2.05, 4.69) is 0 Å². The summed E-state index contributed by atoms with van der Waals surface area (Å²) < 4.78 is 0. The highest BCUT2D eigenvalue weighted by molar-refractivity contribution is 5.95. The zero-order chi connectivity index (χ0) is 16.9. The van der Waals surface area contributed by atoms with Crippen LogP contribution in [0.25, 0.3) is 5.57 Å². The number of carboxylic acid groups (broad SMARTS) is 1. The zero-order valence-electron chi connectivity index (χ0n) is 13.3. The lowest BCUT2D eigenvalue weighted by molar-refractivity contribution is -0.131. The van der Waals surface area contributed by atoms with Gasteiger partial charge >= 0.3 is 5.97 Å². The summed E-state index contributed by atoms with van der Waals surface area (Å²) in [4.78, 5) is 25.6. The molecule has 0 aliphatic carbocycles. The highest BCUT2D eigenvalue weighted by Crippen LogP contribution is 2.31. The van der Waals surface area contributed by atoms with Crippen molar-refractivity contribution >= 4 is 17.4 Å². The second kappa shape index (κ2) is 7.13. The second-order valence-corrected chi connectivity index (χ2v) is 5.91. The number of likely N-dealkylation sites (tertiary alicyclic amines) is 1. The van der Waals surface area contributed by atoms with E-state index in [0.717, 1.165) is 17.6 Å². The van der Waals surface area contributed by atoms with E-state index in [0.29, 0.717) is 18.7 Å². The van der Waals surface area contributed by atoms with Gasteiger partial charge in [-0.25, -0.2) is 4.79 Å². The highest BCUT2D eigenvalue weighted by atomic mass is 16.4. The molecule has 0 bridgehead atoms. The fourth-order valence-corrected chi connectivity index (χ4v) is 3.16. The summed E-state index contributed by atoms with van der Waals surface area (Å²) in [6.07, 6.45) is 2.04. The summed E-state index contributed by atoms with van der Waals surface area (Å²) in [5.41, 5.74) is 2.35. The lowest BCUT2D eigenvalue weighted by Gasteiger charge is -2.18. The first-order valence-corrected chi connectivity index (χ1v) is 7.99. The smallest absolute Gasteiger partial charge is 0.328 e. The maximum Gasteiger partial charge on any atom is 0.328 e. The molecule has 122 valence electrons. The van der Waals surface area contributed by atoms with Gasteiger partial charge in [0.2, 0.25) is 0 Å². The summed E-state index contributed by atoms with van der Waals surface area (Å²) in [6.45, 7) is 1.18. The van der Waals surface area contributed by atoms with Crippen LogP contribution in [0.3, 0.4) is 0 Å². The molecule has 0 radical (unpaired) electrons.